The van der Waals surface area contributed by atoms with Crippen LogP contribution in [0, 0.1) is 0 Å². The van der Waals surface area contributed by atoms with Crippen molar-refractivity contribution in [2.45, 2.75) is 32.9 Å². The third-order valence-electron chi connectivity index (χ3n) is 2.13. The van der Waals surface area contributed by atoms with Gasteiger partial charge >= 0.3 is 0 Å². The molecule has 3 N–H and O–H groups in total. The SMILES string of the molecule is COCC(C)Nc1cc(N)cc(OC(C)C)c1. The minimum atomic E-state index is 0.140. The van der Waals surface area contributed by atoms with Gasteiger partial charge in [-0.2, -0.15) is 0 Å². The molecule has 1 aromatic rings. The zero-order chi connectivity index (χ0) is 12.8. The molecule has 1 atom stereocenters. The molecular weight excluding hydrogens is 216 g/mol. The van der Waals surface area contributed by atoms with Crippen molar-refractivity contribution in [1.82, 2.24) is 0 Å². The fourth-order valence-corrected chi connectivity index (χ4v) is 1.62. The van der Waals surface area contributed by atoms with E-state index in [1.54, 1.807) is 7.11 Å². The topological polar surface area (TPSA) is 56.5 Å². The highest BCUT2D eigenvalue weighted by Crippen LogP contribution is 2.24. The Balaban J connectivity index is 2.74. The minimum absolute atomic E-state index is 0.140. The van der Waals surface area contributed by atoms with Gasteiger partial charge in [0.05, 0.1) is 12.7 Å². The van der Waals surface area contributed by atoms with Gasteiger partial charge in [0.25, 0.3) is 0 Å². The summed E-state index contributed by atoms with van der Waals surface area (Å²) in [5.74, 6) is 0.784. The molecule has 1 unspecified atom stereocenters. The lowest BCUT2D eigenvalue weighted by Gasteiger charge is -2.17. The third kappa shape index (κ3) is 4.95. The van der Waals surface area contributed by atoms with Crippen molar-refractivity contribution in [3.63, 3.8) is 0 Å². The molecular formula is C13H22N2O2. The number of benzene rings is 1. The van der Waals surface area contributed by atoms with Gasteiger partial charge < -0.3 is 20.5 Å². The second kappa shape index (κ2) is 6.35. The summed E-state index contributed by atoms with van der Waals surface area (Å²) >= 11 is 0. The number of hydrogen-bond donors (Lipinski definition) is 2. The molecule has 0 aliphatic carbocycles. The van der Waals surface area contributed by atoms with E-state index in [9.17, 15) is 0 Å². The third-order valence-corrected chi connectivity index (χ3v) is 2.13. The summed E-state index contributed by atoms with van der Waals surface area (Å²) in [6.07, 6.45) is 0.140. The van der Waals surface area contributed by atoms with E-state index in [-0.39, 0.29) is 12.1 Å². The number of nitrogens with two attached hydrogens (primary N) is 1. The van der Waals surface area contributed by atoms with Crippen molar-refractivity contribution in [2.24, 2.45) is 0 Å². The average molecular weight is 238 g/mol. The highest BCUT2D eigenvalue weighted by atomic mass is 16.5. The molecule has 0 aliphatic rings. The highest BCUT2D eigenvalue weighted by Gasteiger charge is 2.05. The van der Waals surface area contributed by atoms with E-state index >= 15 is 0 Å². The molecule has 0 amide bonds. The number of ether oxygens (including phenoxy) is 2. The van der Waals surface area contributed by atoms with E-state index in [0.717, 1.165) is 11.4 Å². The predicted molar refractivity (Wildman–Crippen MR) is 71.6 cm³/mol. The molecule has 0 aliphatic heterocycles. The van der Waals surface area contributed by atoms with Crippen LogP contribution in [0.4, 0.5) is 11.4 Å². The molecule has 1 aromatic carbocycles. The molecule has 0 spiro atoms. The Hall–Kier alpha value is -1.42. The van der Waals surface area contributed by atoms with Crippen LogP contribution in [0.15, 0.2) is 18.2 Å². The first-order valence-corrected chi connectivity index (χ1v) is 5.84. The van der Waals surface area contributed by atoms with Gasteiger partial charge in [-0.25, -0.2) is 0 Å². The van der Waals surface area contributed by atoms with E-state index in [4.69, 9.17) is 15.2 Å². The quantitative estimate of drug-likeness (QED) is 0.748. The maximum absolute atomic E-state index is 5.83. The summed E-state index contributed by atoms with van der Waals surface area (Å²) in [5, 5.41) is 3.31. The van der Waals surface area contributed by atoms with Crippen molar-refractivity contribution in [3.05, 3.63) is 18.2 Å². The number of rotatable bonds is 6. The summed E-state index contributed by atoms with van der Waals surface area (Å²) in [6, 6.07) is 5.89. The van der Waals surface area contributed by atoms with Gasteiger partial charge in [0.15, 0.2) is 0 Å². The Morgan fingerprint density at radius 1 is 1.24 bits per heavy atom. The van der Waals surface area contributed by atoms with Crippen LogP contribution >= 0.6 is 0 Å². The van der Waals surface area contributed by atoms with E-state index in [1.807, 2.05) is 32.0 Å². The Morgan fingerprint density at radius 2 is 1.94 bits per heavy atom. The van der Waals surface area contributed by atoms with E-state index in [2.05, 4.69) is 12.2 Å². The number of nitrogen functional groups attached to an aromatic ring is 1. The molecule has 0 heterocycles. The molecule has 17 heavy (non-hydrogen) atoms. The molecule has 0 radical (unpaired) electrons. The molecule has 0 bridgehead atoms. The van der Waals surface area contributed by atoms with Gasteiger partial charge in [-0.3, -0.25) is 0 Å². The van der Waals surface area contributed by atoms with Crippen LogP contribution in [0.1, 0.15) is 20.8 Å². The largest absolute Gasteiger partial charge is 0.491 e. The maximum Gasteiger partial charge on any atom is 0.123 e. The number of methoxy groups -OCH3 is 1. The van der Waals surface area contributed by atoms with Crippen LogP contribution in [-0.4, -0.2) is 25.9 Å². The summed E-state index contributed by atoms with van der Waals surface area (Å²) < 4.78 is 10.7. The van der Waals surface area contributed by atoms with Gasteiger partial charge in [-0.15, -0.1) is 0 Å². The highest BCUT2D eigenvalue weighted by molar-refractivity contribution is 5.59. The standard InChI is InChI=1S/C13H22N2O2/c1-9(2)17-13-6-11(14)5-12(7-13)15-10(3)8-16-4/h5-7,9-10,15H,8,14H2,1-4H3. The molecule has 1 rings (SSSR count). The van der Waals surface area contributed by atoms with E-state index in [0.29, 0.717) is 12.3 Å². The van der Waals surface area contributed by atoms with Crippen LogP contribution in [0.2, 0.25) is 0 Å². The van der Waals surface area contributed by atoms with Gasteiger partial charge in [-0.05, 0) is 26.8 Å². The number of hydrogen-bond acceptors (Lipinski definition) is 4. The molecule has 0 saturated heterocycles. The van der Waals surface area contributed by atoms with Crippen molar-refractivity contribution >= 4 is 11.4 Å². The summed E-state index contributed by atoms with van der Waals surface area (Å²) in [7, 11) is 1.69. The van der Waals surface area contributed by atoms with E-state index < -0.39 is 0 Å². The Kier molecular flexibility index (Phi) is 5.10. The number of nitrogens with one attached hydrogen (secondary N) is 1. The Morgan fingerprint density at radius 3 is 2.53 bits per heavy atom. The lowest BCUT2D eigenvalue weighted by molar-refractivity contribution is 0.190. The summed E-state index contributed by atoms with van der Waals surface area (Å²) in [5.41, 5.74) is 7.47. The van der Waals surface area contributed by atoms with Crippen LogP contribution < -0.4 is 15.8 Å². The first kappa shape index (κ1) is 13.6. The molecule has 0 fully saturated rings. The lowest BCUT2D eigenvalue weighted by Crippen LogP contribution is -2.20. The van der Waals surface area contributed by atoms with Crippen molar-refractivity contribution < 1.29 is 9.47 Å². The molecule has 0 aromatic heterocycles. The normalized spacial score (nSPS) is 12.5. The number of anilines is 2. The molecule has 4 heteroatoms. The lowest BCUT2D eigenvalue weighted by atomic mass is 10.2. The minimum Gasteiger partial charge on any atom is -0.491 e. The first-order chi connectivity index (χ1) is 8.01. The van der Waals surface area contributed by atoms with Gasteiger partial charge in [-0.1, -0.05) is 0 Å². The smallest absolute Gasteiger partial charge is 0.123 e. The molecule has 4 nitrogen and oxygen atoms in total. The second-order valence-corrected chi connectivity index (χ2v) is 4.46. The maximum atomic E-state index is 5.83. The molecule has 0 saturated carbocycles. The Labute approximate surface area is 103 Å². The van der Waals surface area contributed by atoms with Crippen molar-refractivity contribution in [2.75, 3.05) is 24.8 Å². The van der Waals surface area contributed by atoms with Crippen molar-refractivity contribution in [1.29, 1.82) is 0 Å². The monoisotopic (exact) mass is 238 g/mol. The van der Waals surface area contributed by atoms with Gasteiger partial charge in [0.2, 0.25) is 0 Å². The summed E-state index contributed by atoms with van der Waals surface area (Å²) in [6.45, 7) is 6.68. The van der Waals surface area contributed by atoms with Crippen LogP contribution in [0.25, 0.3) is 0 Å². The zero-order valence-electron chi connectivity index (χ0n) is 11.0. The van der Waals surface area contributed by atoms with Crippen LogP contribution in [-0.2, 0) is 4.74 Å². The Bertz CT molecular complexity index is 353. The first-order valence-electron chi connectivity index (χ1n) is 5.84. The van der Waals surface area contributed by atoms with Gasteiger partial charge in [0, 0.05) is 36.7 Å². The summed E-state index contributed by atoms with van der Waals surface area (Å²) in [4.78, 5) is 0. The predicted octanol–water partition coefficient (Wildman–Crippen LogP) is 2.50. The van der Waals surface area contributed by atoms with Crippen LogP contribution in [0.5, 0.6) is 5.75 Å². The molecule has 96 valence electrons. The van der Waals surface area contributed by atoms with Gasteiger partial charge in [0.1, 0.15) is 5.75 Å². The fraction of sp³-hybridized carbons (Fsp3) is 0.538. The second-order valence-electron chi connectivity index (χ2n) is 4.46. The average Bonchev–Trinajstić information content (AvgIpc) is 2.14. The zero-order valence-corrected chi connectivity index (χ0v) is 11.0. The van der Waals surface area contributed by atoms with Crippen molar-refractivity contribution in [3.8, 4) is 5.75 Å². The fourth-order valence-electron chi connectivity index (χ4n) is 1.62. The van der Waals surface area contributed by atoms with Crippen LogP contribution in [0.3, 0.4) is 0 Å². The van der Waals surface area contributed by atoms with E-state index in [1.165, 1.54) is 0 Å².